The van der Waals surface area contributed by atoms with Crippen molar-refractivity contribution < 1.29 is 36.4 Å². The zero-order valence-corrected chi connectivity index (χ0v) is 19.0. The van der Waals surface area contributed by atoms with Crippen LogP contribution in [0, 0.1) is 5.82 Å². The fourth-order valence-electron chi connectivity index (χ4n) is 3.37. The Bertz CT molecular complexity index is 1250. The Morgan fingerprint density at radius 1 is 1.20 bits per heavy atom. The van der Waals surface area contributed by atoms with Crippen LogP contribution >= 0.6 is 0 Å². The number of hydrazone groups is 1. The predicted molar refractivity (Wildman–Crippen MR) is 122 cm³/mol. The Morgan fingerprint density at radius 2 is 1.89 bits per heavy atom. The van der Waals surface area contributed by atoms with Crippen molar-refractivity contribution in [1.29, 1.82) is 0 Å². The van der Waals surface area contributed by atoms with E-state index in [1.165, 1.54) is 19.2 Å². The summed E-state index contributed by atoms with van der Waals surface area (Å²) < 4.78 is 72.1. The Balaban J connectivity index is 2.27. The van der Waals surface area contributed by atoms with Crippen molar-refractivity contribution in [2.24, 2.45) is 5.10 Å². The number of hydrogen-bond acceptors (Lipinski definition) is 7. The largest absolute Gasteiger partial charge is 0.497 e. The van der Waals surface area contributed by atoms with Gasteiger partial charge >= 0.3 is 12.1 Å². The van der Waals surface area contributed by atoms with Crippen molar-refractivity contribution in [2.75, 3.05) is 18.7 Å². The monoisotopic (exact) mass is 491 g/mol. The van der Waals surface area contributed by atoms with E-state index in [1.54, 1.807) is 31.2 Å². The van der Waals surface area contributed by atoms with E-state index in [-0.39, 0.29) is 23.6 Å². The number of allylic oxidation sites excluding steroid dienone is 2. The van der Waals surface area contributed by atoms with E-state index in [0.717, 1.165) is 19.1 Å². The van der Waals surface area contributed by atoms with E-state index < -0.39 is 35.0 Å². The molecule has 0 N–H and O–H groups in total. The van der Waals surface area contributed by atoms with E-state index >= 15 is 0 Å². The molecule has 0 saturated carbocycles. The third-order valence-corrected chi connectivity index (χ3v) is 4.91. The van der Waals surface area contributed by atoms with Crippen molar-refractivity contribution in [3.63, 3.8) is 0 Å². The lowest BCUT2D eigenvalue weighted by atomic mass is 10.0. The molecule has 0 aliphatic carbocycles. The Kier molecular flexibility index (Phi) is 7.58. The Labute approximate surface area is 198 Å². The lowest BCUT2D eigenvalue weighted by Crippen LogP contribution is -2.29. The number of hydrogen-bond donors (Lipinski definition) is 0. The summed E-state index contributed by atoms with van der Waals surface area (Å²) in [7, 11) is 1.47. The molecule has 0 bridgehead atoms. The molecule has 7 nitrogen and oxygen atoms in total. The molecule has 2 aromatic carbocycles. The first-order chi connectivity index (χ1) is 16.6. The van der Waals surface area contributed by atoms with Crippen LogP contribution in [0.2, 0.25) is 0 Å². The lowest BCUT2D eigenvalue weighted by Gasteiger charge is -2.25. The zero-order valence-electron chi connectivity index (χ0n) is 19.0. The van der Waals surface area contributed by atoms with Crippen LogP contribution in [0.15, 0.2) is 63.9 Å². The van der Waals surface area contributed by atoms with Gasteiger partial charge in [-0.25, -0.2) is 14.2 Å². The summed E-state index contributed by atoms with van der Waals surface area (Å²) in [4.78, 5) is 12.8. The predicted octanol–water partition coefficient (Wildman–Crippen LogP) is 6.08. The maximum atomic E-state index is 14.3. The molecule has 11 heteroatoms. The van der Waals surface area contributed by atoms with Crippen molar-refractivity contribution in [2.45, 2.75) is 20.0 Å². The number of aromatic nitrogens is 1. The number of carbonyl (C=O) groups excluding carboxylic acids is 1. The fourth-order valence-corrected chi connectivity index (χ4v) is 3.37. The minimum Gasteiger partial charge on any atom is -0.497 e. The average Bonchev–Trinajstić information content (AvgIpc) is 3.27. The number of nitrogens with zero attached hydrogens (tertiary/aromatic N) is 3. The number of methoxy groups -OCH3 is 1. The summed E-state index contributed by atoms with van der Waals surface area (Å²) in [5, 5.41) is 7.73. The van der Waals surface area contributed by atoms with Crippen LogP contribution < -0.4 is 9.75 Å². The van der Waals surface area contributed by atoms with Gasteiger partial charge in [0.15, 0.2) is 11.5 Å². The van der Waals surface area contributed by atoms with Gasteiger partial charge in [0.05, 0.1) is 19.4 Å². The van der Waals surface area contributed by atoms with Gasteiger partial charge in [0.1, 0.15) is 22.8 Å². The molecule has 184 valence electrons. The summed E-state index contributed by atoms with van der Waals surface area (Å²) in [5.74, 6) is -1.66. The van der Waals surface area contributed by atoms with E-state index in [4.69, 9.17) is 14.0 Å². The van der Waals surface area contributed by atoms with Crippen molar-refractivity contribution in [3.8, 4) is 17.0 Å². The van der Waals surface area contributed by atoms with E-state index in [1.807, 2.05) is 0 Å². The van der Waals surface area contributed by atoms with Gasteiger partial charge in [-0.05, 0) is 56.3 Å². The van der Waals surface area contributed by atoms with Crippen LogP contribution in [-0.4, -0.2) is 37.7 Å². The summed E-state index contributed by atoms with van der Waals surface area (Å²) in [6.45, 7) is 5.80. The number of esters is 1. The number of halogens is 4. The van der Waals surface area contributed by atoms with Crippen molar-refractivity contribution in [3.05, 3.63) is 71.4 Å². The van der Waals surface area contributed by atoms with Gasteiger partial charge in [0.2, 0.25) is 0 Å². The molecule has 0 fully saturated rings. The van der Waals surface area contributed by atoms with E-state index in [0.29, 0.717) is 16.3 Å². The molecule has 3 rings (SSSR count). The van der Waals surface area contributed by atoms with Gasteiger partial charge in [-0.15, -0.1) is 0 Å². The molecule has 3 aromatic rings. The molecule has 0 radical (unpaired) electrons. The van der Waals surface area contributed by atoms with Crippen molar-refractivity contribution in [1.82, 2.24) is 5.16 Å². The number of alkyl halides is 3. The topological polar surface area (TPSA) is 77.2 Å². The summed E-state index contributed by atoms with van der Waals surface area (Å²) in [6.07, 6.45) is -5.00. The minimum absolute atomic E-state index is 0.0224. The first kappa shape index (κ1) is 25.5. The Morgan fingerprint density at radius 3 is 2.43 bits per heavy atom. The van der Waals surface area contributed by atoms with E-state index in [9.17, 15) is 22.4 Å². The van der Waals surface area contributed by atoms with Gasteiger partial charge in [0, 0.05) is 17.9 Å². The second-order valence-electron chi connectivity index (χ2n) is 7.09. The van der Waals surface area contributed by atoms with Crippen LogP contribution in [0.3, 0.4) is 0 Å². The molecule has 35 heavy (non-hydrogen) atoms. The van der Waals surface area contributed by atoms with Gasteiger partial charge in [-0.2, -0.15) is 18.3 Å². The quantitative estimate of drug-likeness (QED) is 0.165. The zero-order chi connectivity index (χ0) is 25.8. The molecule has 0 aliphatic rings. The highest BCUT2D eigenvalue weighted by Crippen LogP contribution is 2.40. The maximum Gasteiger partial charge on any atom is 0.433 e. The molecule has 0 spiro atoms. The van der Waals surface area contributed by atoms with Crippen LogP contribution in [0.25, 0.3) is 16.8 Å². The number of anilines is 1. The molecule has 1 heterocycles. The summed E-state index contributed by atoms with van der Waals surface area (Å²) in [6, 6.07) is 10.7. The second kappa shape index (κ2) is 10.4. The van der Waals surface area contributed by atoms with Crippen molar-refractivity contribution >= 4 is 23.9 Å². The number of benzene rings is 2. The van der Waals surface area contributed by atoms with Gasteiger partial charge in [-0.1, -0.05) is 11.2 Å². The Hall–Kier alpha value is -4.15. The van der Waals surface area contributed by atoms with Gasteiger partial charge < -0.3 is 14.0 Å². The fraction of sp³-hybridized carbons (Fsp3) is 0.208. The first-order valence-electron chi connectivity index (χ1n) is 10.2. The highest BCUT2D eigenvalue weighted by Gasteiger charge is 2.42. The minimum atomic E-state index is -5.00. The smallest absolute Gasteiger partial charge is 0.433 e. The molecule has 0 saturated heterocycles. The standard InChI is InChI=1S/C24H21F4N3O4/c1-5-34-23(32)19-20(15-9-11-18(33-4)12-10-15)30-35-21(19)14(2)22(24(26,27)28)31(29-3)17-8-6-7-16(25)13-17/h6-13H,3,5H2,1-2,4H3/b22-14+. The van der Waals surface area contributed by atoms with Gasteiger partial charge in [0.25, 0.3) is 0 Å². The third-order valence-electron chi connectivity index (χ3n) is 4.91. The van der Waals surface area contributed by atoms with Crippen LogP contribution in [0.4, 0.5) is 23.2 Å². The average molecular weight is 491 g/mol. The van der Waals surface area contributed by atoms with Crippen LogP contribution in [-0.2, 0) is 4.74 Å². The third kappa shape index (κ3) is 5.34. The molecular formula is C24H21F4N3O4. The second-order valence-corrected chi connectivity index (χ2v) is 7.09. The maximum absolute atomic E-state index is 14.3. The lowest BCUT2D eigenvalue weighted by molar-refractivity contribution is -0.0928. The van der Waals surface area contributed by atoms with Crippen LogP contribution in [0.5, 0.6) is 5.75 Å². The molecule has 0 unspecified atom stereocenters. The highest BCUT2D eigenvalue weighted by atomic mass is 19.4. The normalized spacial score (nSPS) is 12.1. The highest BCUT2D eigenvalue weighted by molar-refractivity contribution is 6.00. The molecule has 0 aliphatic heterocycles. The summed E-state index contributed by atoms with van der Waals surface area (Å²) in [5.41, 5.74) is -2.07. The SMILES string of the molecule is C=NN(/C(=C(\C)c1onc(-c2ccc(OC)cc2)c1C(=O)OCC)C(F)(F)F)c1cccc(F)c1. The number of ether oxygens (including phenoxy) is 2. The summed E-state index contributed by atoms with van der Waals surface area (Å²) >= 11 is 0. The van der Waals surface area contributed by atoms with E-state index in [2.05, 4.69) is 17.0 Å². The molecule has 0 amide bonds. The molecule has 0 atom stereocenters. The number of carbonyl (C=O) groups is 1. The van der Waals surface area contributed by atoms with Gasteiger partial charge in [-0.3, -0.25) is 0 Å². The van der Waals surface area contributed by atoms with Crippen LogP contribution in [0.1, 0.15) is 30.0 Å². The number of rotatable bonds is 8. The first-order valence-corrected chi connectivity index (χ1v) is 10.2. The molecular weight excluding hydrogens is 470 g/mol. The molecule has 1 aromatic heterocycles.